The van der Waals surface area contributed by atoms with Gasteiger partial charge in [0.1, 0.15) is 10.0 Å². The number of pyridine rings is 1. The van der Waals surface area contributed by atoms with E-state index in [0.29, 0.717) is 5.56 Å². The van der Waals surface area contributed by atoms with Crippen LogP contribution in [0.2, 0.25) is 5.15 Å². The van der Waals surface area contributed by atoms with Crippen LogP contribution in [0.3, 0.4) is 0 Å². The van der Waals surface area contributed by atoms with E-state index in [-0.39, 0.29) is 16.7 Å². The monoisotopic (exact) mass is 312 g/mol. The second-order valence-corrected chi connectivity index (χ2v) is 6.10. The van der Waals surface area contributed by atoms with Crippen molar-refractivity contribution in [3.05, 3.63) is 59.4 Å². The summed E-state index contributed by atoms with van der Waals surface area (Å²) in [7, 11) is -3.85. The molecule has 1 heterocycles. The Bertz CT molecular complexity index is 677. The Kier molecular flexibility index (Phi) is 4.72. The molecule has 7 heteroatoms. The number of hydrogen-bond donors (Lipinski definition) is 2. The van der Waals surface area contributed by atoms with Crippen molar-refractivity contribution in [1.29, 1.82) is 0 Å². The summed E-state index contributed by atoms with van der Waals surface area (Å²) in [4.78, 5) is 3.62. The molecule has 0 aliphatic rings. The Morgan fingerprint density at radius 2 is 1.90 bits per heavy atom. The summed E-state index contributed by atoms with van der Waals surface area (Å²) >= 11 is 5.79. The number of nitrogens with one attached hydrogen (secondary N) is 1. The van der Waals surface area contributed by atoms with Crippen LogP contribution in [0.15, 0.2) is 53.6 Å². The van der Waals surface area contributed by atoms with Gasteiger partial charge in [-0.05, 0) is 17.7 Å². The Morgan fingerprint density at radius 1 is 1.20 bits per heavy atom. The molecule has 0 bridgehead atoms. The molecule has 1 atom stereocenters. The standard InChI is InChI=1S/C13H13ClN2O3S/c14-13-12(7-4-8-15-13)20(18,19)16-11(9-17)10-5-2-1-3-6-10/h1-8,11,16-17H,9H2/t11-/m0/s1. The Hall–Kier alpha value is -1.47. The van der Waals surface area contributed by atoms with E-state index in [4.69, 9.17) is 11.6 Å². The lowest BCUT2D eigenvalue weighted by atomic mass is 10.1. The summed E-state index contributed by atoms with van der Waals surface area (Å²) in [6.45, 7) is -0.360. The van der Waals surface area contributed by atoms with Crippen molar-refractivity contribution in [2.75, 3.05) is 6.61 Å². The number of aliphatic hydroxyl groups excluding tert-OH is 1. The van der Waals surface area contributed by atoms with Gasteiger partial charge in [-0.25, -0.2) is 18.1 Å². The van der Waals surface area contributed by atoms with Gasteiger partial charge in [0, 0.05) is 6.20 Å². The van der Waals surface area contributed by atoms with Gasteiger partial charge >= 0.3 is 0 Å². The summed E-state index contributed by atoms with van der Waals surface area (Å²) in [6, 6.07) is 10.9. The minimum absolute atomic E-state index is 0.107. The number of rotatable bonds is 5. The lowest BCUT2D eigenvalue weighted by Crippen LogP contribution is -2.31. The molecule has 2 N–H and O–H groups in total. The molecule has 0 saturated heterocycles. The van der Waals surface area contributed by atoms with E-state index in [2.05, 4.69) is 9.71 Å². The number of halogens is 1. The lowest BCUT2D eigenvalue weighted by Gasteiger charge is -2.17. The van der Waals surface area contributed by atoms with Crippen LogP contribution in [0, 0.1) is 0 Å². The van der Waals surface area contributed by atoms with Crippen LogP contribution in [0.4, 0.5) is 0 Å². The van der Waals surface area contributed by atoms with Crippen LogP contribution >= 0.6 is 11.6 Å². The lowest BCUT2D eigenvalue weighted by molar-refractivity contribution is 0.259. The molecule has 0 aliphatic carbocycles. The highest BCUT2D eigenvalue weighted by molar-refractivity contribution is 7.89. The summed E-state index contributed by atoms with van der Waals surface area (Å²) < 4.78 is 26.9. The molecule has 0 radical (unpaired) electrons. The molecule has 0 aliphatic heterocycles. The van der Waals surface area contributed by atoms with E-state index in [9.17, 15) is 13.5 Å². The highest BCUT2D eigenvalue weighted by Gasteiger charge is 2.23. The van der Waals surface area contributed by atoms with E-state index in [0.717, 1.165) is 0 Å². The molecule has 1 aromatic carbocycles. The maximum atomic E-state index is 12.2. The number of sulfonamides is 1. The van der Waals surface area contributed by atoms with Gasteiger partial charge < -0.3 is 5.11 Å². The van der Waals surface area contributed by atoms with Crippen molar-refractivity contribution in [2.24, 2.45) is 0 Å². The molecule has 0 unspecified atom stereocenters. The van der Waals surface area contributed by atoms with Gasteiger partial charge in [0.15, 0.2) is 0 Å². The SMILES string of the molecule is O=S(=O)(N[C@@H](CO)c1ccccc1)c1cccnc1Cl. The first-order chi connectivity index (χ1) is 9.54. The third kappa shape index (κ3) is 3.34. The van der Waals surface area contributed by atoms with E-state index in [1.807, 2.05) is 6.07 Å². The van der Waals surface area contributed by atoms with E-state index in [1.165, 1.54) is 18.3 Å². The maximum Gasteiger partial charge on any atom is 0.244 e. The molecule has 2 aromatic rings. The first-order valence-corrected chi connectivity index (χ1v) is 7.69. The average molecular weight is 313 g/mol. The Morgan fingerprint density at radius 3 is 2.50 bits per heavy atom. The average Bonchev–Trinajstić information content (AvgIpc) is 2.46. The number of benzene rings is 1. The van der Waals surface area contributed by atoms with Gasteiger partial charge in [-0.3, -0.25) is 0 Å². The fraction of sp³-hybridized carbons (Fsp3) is 0.154. The number of aromatic nitrogens is 1. The normalized spacial score (nSPS) is 13.1. The van der Waals surface area contributed by atoms with Gasteiger partial charge in [-0.1, -0.05) is 41.9 Å². The summed E-state index contributed by atoms with van der Waals surface area (Å²) in [5, 5.41) is 9.28. The van der Waals surface area contributed by atoms with Crippen molar-refractivity contribution >= 4 is 21.6 Å². The molecule has 0 saturated carbocycles. The first kappa shape index (κ1) is 14.9. The summed E-state index contributed by atoms with van der Waals surface area (Å²) in [5.41, 5.74) is 0.665. The van der Waals surface area contributed by atoms with Crippen LogP contribution < -0.4 is 4.72 Å². The van der Waals surface area contributed by atoms with Crippen molar-refractivity contribution in [1.82, 2.24) is 9.71 Å². The predicted molar refractivity (Wildman–Crippen MR) is 75.8 cm³/mol. The van der Waals surface area contributed by atoms with E-state index < -0.39 is 16.1 Å². The minimum atomic E-state index is -3.85. The highest BCUT2D eigenvalue weighted by Crippen LogP contribution is 2.21. The molecular formula is C13H13ClN2O3S. The van der Waals surface area contributed by atoms with Crippen molar-refractivity contribution in [2.45, 2.75) is 10.9 Å². The Labute approximate surface area is 122 Å². The van der Waals surface area contributed by atoms with E-state index >= 15 is 0 Å². The second kappa shape index (κ2) is 6.32. The van der Waals surface area contributed by atoms with Crippen molar-refractivity contribution in [3.63, 3.8) is 0 Å². The fourth-order valence-electron chi connectivity index (χ4n) is 1.72. The fourth-order valence-corrected chi connectivity index (χ4v) is 3.39. The molecule has 0 spiro atoms. The minimum Gasteiger partial charge on any atom is -0.394 e. The quantitative estimate of drug-likeness (QED) is 0.824. The van der Waals surface area contributed by atoms with Gasteiger partial charge in [-0.2, -0.15) is 0 Å². The van der Waals surface area contributed by atoms with Crippen LogP contribution in [-0.4, -0.2) is 25.1 Å². The molecule has 0 amide bonds. The predicted octanol–water partition coefficient (Wildman–Crippen LogP) is 1.75. The van der Waals surface area contributed by atoms with Gasteiger partial charge in [0.2, 0.25) is 10.0 Å². The number of nitrogens with zero attached hydrogens (tertiary/aromatic N) is 1. The van der Waals surface area contributed by atoms with Crippen molar-refractivity contribution < 1.29 is 13.5 Å². The van der Waals surface area contributed by atoms with Gasteiger partial charge in [0.25, 0.3) is 0 Å². The summed E-state index contributed by atoms with van der Waals surface area (Å²) in [5.74, 6) is 0. The number of hydrogen-bond acceptors (Lipinski definition) is 4. The molecule has 20 heavy (non-hydrogen) atoms. The topological polar surface area (TPSA) is 79.3 Å². The maximum absolute atomic E-state index is 12.2. The largest absolute Gasteiger partial charge is 0.394 e. The van der Waals surface area contributed by atoms with Crippen LogP contribution in [0.25, 0.3) is 0 Å². The third-order valence-electron chi connectivity index (χ3n) is 2.70. The third-order valence-corrected chi connectivity index (χ3v) is 4.61. The molecular weight excluding hydrogens is 300 g/mol. The van der Waals surface area contributed by atoms with Crippen LogP contribution in [-0.2, 0) is 10.0 Å². The number of aliphatic hydroxyl groups is 1. The molecule has 2 rings (SSSR count). The molecule has 5 nitrogen and oxygen atoms in total. The van der Waals surface area contributed by atoms with Crippen LogP contribution in [0.5, 0.6) is 0 Å². The highest BCUT2D eigenvalue weighted by atomic mass is 35.5. The smallest absolute Gasteiger partial charge is 0.244 e. The van der Waals surface area contributed by atoms with Crippen LogP contribution in [0.1, 0.15) is 11.6 Å². The zero-order chi connectivity index (χ0) is 14.6. The molecule has 0 fully saturated rings. The summed E-state index contributed by atoms with van der Waals surface area (Å²) in [6.07, 6.45) is 1.40. The zero-order valence-corrected chi connectivity index (χ0v) is 12.0. The van der Waals surface area contributed by atoms with Gasteiger partial charge in [0.05, 0.1) is 12.6 Å². The first-order valence-electron chi connectivity index (χ1n) is 5.83. The molecule has 106 valence electrons. The zero-order valence-electron chi connectivity index (χ0n) is 10.4. The van der Waals surface area contributed by atoms with E-state index in [1.54, 1.807) is 24.3 Å². The van der Waals surface area contributed by atoms with Crippen molar-refractivity contribution in [3.8, 4) is 0 Å². The second-order valence-electron chi connectivity index (χ2n) is 4.06. The Balaban J connectivity index is 2.30. The molecule has 1 aromatic heterocycles. The van der Waals surface area contributed by atoms with Gasteiger partial charge in [-0.15, -0.1) is 0 Å².